The molecule has 7 nitrogen and oxygen atoms in total. The van der Waals surface area contributed by atoms with Gasteiger partial charge >= 0.3 is 0 Å². The van der Waals surface area contributed by atoms with Crippen LogP contribution in [0, 0.1) is 12.8 Å². The lowest BCUT2D eigenvalue weighted by Crippen LogP contribution is -2.39. The SMILES string of the molecule is Cc1c(N)ncnc1NCCCN1CCC(C(N)=O)CC1. The minimum Gasteiger partial charge on any atom is -0.383 e. The first-order valence-corrected chi connectivity index (χ1v) is 7.40. The lowest BCUT2D eigenvalue weighted by atomic mass is 9.96. The summed E-state index contributed by atoms with van der Waals surface area (Å²) in [5, 5.41) is 3.29. The lowest BCUT2D eigenvalue weighted by Gasteiger charge is -2.30. The van der Waals surface area contributed by atoms with E-state index in [-0.39, 0.29) is 11.8 Å². The van der Waals surface area contributed by atoms with E-state index in [0.717, 1.165) is 56.8 Å². The average molecular weight is 292 g/mol. The summed E-state index contributed by atoms with van der Waals surface area (Å²) in [7, 11) is 0. The highest BCUT2D eigenvalue weighted by Crippen LogP contribution is 2.17. The number of piperidine rings is 1. The van der Waals surface area contributed by atoms with E-state index in [2.05, 4.69) is 20.2 Å². The van der Waals surface area contributed by atoms with E-state index in [4.69, 9.17) is 11.5 Å². The summed E-state index contributed by atoms with van der Waals surface area (Å²) in [6, 6.07) is 0. The number of nitrogens with two attached hydrogens (primary N) is 2. The molecule has 0 aliphatic carbocycles. The summed E-state index contributed by atoms with van der Waals surface area (Å²) < 4.78 is 0. The zero-order chi connectivity index (χ0) is 15.2. The number of amides is 1. The highest BCUT2D eigenvalue weighted by Gasteiger charge is 2.22. The van der Waals surface area contributed by atoms with Crippen molar-refractivity contribution in [3.8, 4) is 0 Å². The normalized spacial score (nSPS) is 16.8. The van der Waals surface area contributed by atoms with Crippen molar-refractivity contribution in [1.29, 1.82) is 0 Å². The molecule has 0 aromatic carbocycles. The van der Waals surface area contributed by atoms with Crippen LogP contribution in [0.2, 0.25) is 0 Å². The van der Waals surface area contributed by atoms with Crippen LogP contribution in [0.5, 0.6) is 0 Å². The first kappa shape index (κ1) is 15.5. The summed E-state index contributed by atoms with van der Waals surface area (Å²) >= 11 is 0. The van der Waals surface area contributed by atoms with Crippen molar-refractivity contribution < 1.29 is 4.79 Å². The Morgan fingerprint density at radius 1 is 1.43 bits per heavy atom. The first-order valence-electron chi connectivity index (χ1n) is 7.40. The second-order valence-corrected chi connectivity index (χ2v) is 5.53. The number of likely N-dealkylation sites (tertiary alicyclic amines) is 1. The van der Waals surface area contributed by atoms with Crippen molar-refractivity contribution in [3.05, 3.63) is 11.9 Å². The number of nitrogens with one attached hydrogen (secondary N) is 1. The molecule has 0 atom stereocenters. The molecule has 2 heterocycles. The molecule has 1 aromatic rings. The molecule has 5 N–H and O–H groups in total. The highest BCUT2D eigenvalue weighted by molar-refractivity contribution is 5.76. The van der Waals surface area contributed by atoms with Gasteiger partial charge in [0, 0.05) is 18.0 Å². The fourth-order valence-corrected chi connectivity index (χ4v) is 2.59. The number of rotatable bonds is 6. The number of primary amides is 1. The largest absolute Gasteiger partial charge is 0.383 e. The Morgan fingerprint density at radius 3 is 2.81 bits per heavy atom. The van der Waals surface area contributed by atoms with Crippen LogP contribution < -0.4 is 16.8 Å². The van der Waals surface area contributed by atoms with E-state index < -0.39 is 0 Å². The predicted octanol–water partition coefficient (Wildman–Crippen LogP) is 0.367. The Bertz CT molecular complexity index is 484. The lowest BCUT2D eigenvalue weighted by molar-refractivity contribution is -0.123. The van der Waals surface area contributed by atoms with Gasteiger partial charge in [0.1, 0.15) is 18.0 Å². The third-order valence-electron chi connectivity index (χ3n) is 4.06. The minimum atomic E-state index is -0.159. The van der Waals surface area contributed by atoms with Crippen molar-refractivity contribution in [2.24, 2.45) is 11.7 Å². The Hall–Kier alpha value is -1.89. The summed E-state index contributed by atoms with van der Waals surface area (Å²) in [6.45, 7) is 5.66. The molecule has 0 bridgehead atoms. The van der Waals surface area contributed by atoms with Crippen LogP contribution in [-0.2, 0) is 4.79 Å². The number of carbonyl (C=O) groups is 1. The molecule has 1 aliphatic rings. The molecular weight excluding hydrogens is 268 g/mol. The van der Waals surface area contributed by atoms with E-state index in [9.17, 15) is 4.79 Å². The van der Waals surface area contributed by atoms with Gasteiger partial charge in [-0.25, -0.2) is 9.97 Å². The van der Waals surface area contributed by atoms with E-state index in [1.54, 1.807) is 0 Å². The molecule has 0 saturated carbocycles. The predicted molar refractivity (Wildman–Crippen MR) is 82.6 cm³/mol. The summed E-state index contributed by atoms with van der Waals surface area (Å²) in [5.74, 6) is 1.22. The zero-order valence-corrected chi connectivity index (χ0v) is 12.5. The van der Waals surface area contributed by atoms with Gasteiger partial charge in [-0.3, -0.25) is 4.79 Å². The van der Waals surface area contributed by atoms with Crippen molar-refractivity contribution in [1.82, 2.24) is 14.9 Å². The molecule has 21 heavy (non-hydrogen) atoms. The Kier molecular flexibility index (Phi) is 5.32. The van der Waals surface area contributed by atoms with Crippen molar-refractivity contribution >= 4 is 17.5 Å². The molecule has 1 fully saturated rings. The van der Waals surface area contributed by atoms with E-state index in [1.807, 2.05) is 6.92 Å². The fraction of sp³-hybridized carbons (Fsp3) is 0.643. The molecule has 1 amide bonds. The average Bonchev–Trinajstić information content (AvgIpc) is 2.48. The van der Waals surface area contributed by atoms with Crippen LogP contribution in [0.3, 0.4) is 0 Å². The summed E-state index contributed by atoms with van der Waals surface area (Å²) in [6.07, 6.45) is 4.25. The van der Waals surface area contributed by atoms with Gasteiger partial charge < -0.3 is 21.7 Å². The standard InChI is InChI=1S/C14H24N6O/c1-10-12(15)18-9-19-14(10)17-5-2-6-20-7-3-11(4-8-20)13(16)21/h9,11H,2-8H2,1H3,(H2,16,21)(H3,15,17,18,19). The van der Waals surface area contributed by atoms with Crippen molar-refractivity contribution in [2.75, 3.05) is 37.2 Å². The number of nitrogen functional groups attached to an aromatic ring is 1. The van der Waals surface area contributed by atoms with Gasteiger partial charge in [-0.1, -0.05) is 0 Å². The number of nitrogens with zero attached hydrogens (tertiary/aromatic N) is 3. The Balaban J connectivity index is 1.67. The van der Waals surface area contributed by atoms with Crippen LogP contribution >= 0.6 is 0 Å². The Labute approximate surface area is 125 Å². The van der Waals surface area contributed by atoms with E-state index >= 15 is 0 Å². The van der Waals surface area contributed by atoms with Gasteiger partial charge in [0.2, 0.25) is 5.91 Å². The minimum absolute atomic E-state index is 0.0611. The summed E-state index contributed by atoms with van der Waals surface area (Å²) in [5.41, 5.74) is 12.0. The molecule has 1 saturated heterocycles. The van der Waals surface area contributed by atoms with Crippen LogP contribution in [-0.4, -0.2) is 47.0 Å². The molecule has 0 radical (unpaired) electrons. The number of hydrogen-bond acceptors (Lipinski definition) is 6. The second kappa shape index (κ2) is 7.21. The number of carbonyl (C=O) groups excluding carboxylic acids is 1. The molecule has 1 aliphatic heterocycles. The molecule has 0 unspecified atom stereocenters. The smallest absolute Gasteiger partial charge is 0.220 e. The third kappa shape index (κ3) is 4.29. The molecule has 116 valence electrons. The molecule has 1 aromatic heterocycles. The van der Waals surface area contributed by atoms with Gasteiger partial charge in [-0.15, -0.1) is 0 Å². The first-order chi connectivity index (χ1) is 10.1. The number of hydrogen-bond donors (Lipinski definition) is 3. The van der Waals surface area contributed by atoms with Gasteiger partial charge in [0.15, 0.2) is 0 Å². The molecule has 7 heteroatoms. The quantitative estimate of drug-likeness (QED) is 0.653. The molecule has 0 spiro atoms. The monoisotopic (exact) mass is 292 g/mol. The van der Waals surface area contributed by atoms with Crippen LogP contribution in [0.25, 0.3) is 0 Å². The molecular formula is C14H24N6O. The van der Waals surface area contributed by atoms with E-state index in [1.165, 1.54) is 6.33 Å². The van der Waals surface area contributed by atoms with Crippen LogP contribution in [0.15, 0.2) is 6.33 Å². The van der Waals surface area contributed by atoms with Crippen LogP contribution in [0.4, 0.5) is 11.6 Å². The zero-order valence-electron chi connectivity index (χ0n) is 12.5. The number of aromatic nitrogens is 2. The summed E-state index contributed by atoms with van der Waals surface area (Å²) in [4.78, 5) is 21.6. The fourth-order valence-electron chi connectivity index (χ4n) is 2.59. The second-order valence-electron chi connectivity index (χ2n) is 5.53. The maximum absolute atomic E-state index is 11.1. The van der Waals surface area contributed by atoms with Crippen LogP contribution in [0.1, 0.15) is 24.8 Å². The van der Waals surface area contributed by atoms with E-state index in [0.29, 0.717) is 5.82 Å². The highest BCUT2D eigenvalue weighted by atomic mass is 16.1. The topological polar surface area (TPSA) is 110 Å². The Morgan fingerprint density at radius 2 is 2.14 bits per heavy atom. The third-order valence-corrected chi connectivity index (χ3v) is 4.06. The maximum atomic E-state index is 11.1. The van der Waals surface area contributed by atoms with Gasteiger partial charge in [-0.05, 0) is 45.8 Å². The number of anilines is 2. The van der Waals surface area contributed by atoms with Crippen molar-refractivity contribution in [2.45, 2.75) is 26.2 Å². The van der Waals surface area contributed by atoms with Crippen molar-refractivity contribution in [3.63, 3.8) is 0 Å². The van der Waals surface area contributed by atoms with Gasteiger partial charge in [0.25, 0.3) is 0 Å². The van der Waals surface area contributed by atoms with Gasteiger partial charge in [0.05, 0.1) is 0 Å². The molecule has 2 rings (SSSR count). The van der Waals surface area contributed by atoms with Gasteiger partial charge in [-0.2, -0.15) is 0 Å². The maximum Gasteiger partial charge on any atom is 0.220 e.